The summed E-state index contributed by atoms with van der Waals surface area (Å²) in [7, 11) is 1.44. The van der Waals surface area contributed by atoms with Gasteiger partial charge >= 0.3 is 5.97 Å². The van der Waals surface area contributed by atoms with Gasteiger partial charge in [0.2, 0.25) is 0 Å². The van der Waals surface area contributed by atoms with Crippen molar-refractivity contribution in [2.24, 2.45) is 5.92 Å². The third kappa shape index (κ3) is 3.66. The molecular weight excluding hydrogens is 178 g/mol. The van der Waals surface area contributed by atoms with E-state index >= 15 is 0 Å². The largest absolute Gasteiger partial charge is 0.468 e. The van der Waals surface area contributed by atoms with Crippen molar-refractivity contribution in [1.82, 2.24) is 5.32 Å². The Morgan fingerprint density at radius 2 is 2.21 bits per heavy atom. The van der Waals surface area contributed by atoms with Gasteiger partial charge in [-0.25, -0.2) is 0 Å². The molecule has 0 aromatic carbocycles. The Morgan fingerprint density at radius 1 is 1.57 bits per heavy atom. The minimum Gasteiger partial charge on any atom is -0.468 e. The van der Waals surface area contributed by atoms with Crippen molar-refractivity contribution in [2.75, 3.05) is 7.11 Å². The molecule has 3 nitrogen and oxygen atoms in total. The highest BCUT2D eigenvalue weighted by molar-refractivity contribution is 5.75. The summed E-state index contributed by atoms with van der Waals surface area (Å²) >= 11 is 0. The third-order valence-electron chi connectivity index (χ3n) is 2.76. The Balaban J connectivity index is 2.26. The van der Waals surface area contributed by atoms with E-state index in [4.69, 9.17) is 4.74 Å². The van der Waals surface area contributed by atoms with Crippen molar-refractivity contribution < 1.29 is 9.53 Å². The quantitative estimate of drug-likeness (QED) is 0.662. The molecule has 0 amide bonds. The summed E-state index contributed by atoms with van der Waals surface area (Å²) in [5.41, 5.74) is 0. The Labute approximate surface area is 86.2 Å². The summed E-state index contributed by atoms with van der Waals surface area (Å²) in [4.78, 5) is 11.3. The van der Waals surface area contributed by atoms with Crippen LogP contribution in [0.2, 0.25) is 0 Å². The molecule has 1 saturated carbocycles. The Bertz CT molecular complexity index is 190. The summed E-state index contributed by atoms with van der Waals surface area (Å²) in [6.45, 7) is 4.14. The second-order valence-electron chi connectivity index (χ2n) is 4.23. The topological polar surface area (TPSA) is 38.3 Å². The maximum absolute atomic E-state index is 11.3. The number of ether oxygens (including phenoxy) is 1. The molecule has 0 heterocycles. The van der Waals surface area contributed by atoms with E-state index < -0.39 is 0 Å². The lowest BCUT2D eigenvalue weighted by molar-refractivity contribution is -0.143. The van der Waals surface area contributed by atoms with Gasteiger partial charge in [-0.3, -0.25) is 4.79 Å². The van der Waals surface area contributed by atoms with Gasteiger partial charge in [0.15, 0.2) is 0 Å². The maximum atomic E-state index is 11.3. The highest BCUT2D eigenvalue weighted by atomic mass is 16.5. The normalized spacial score (nSPS) is 20.2. The van der Waals surface area contributed by atoms with Crippen LogP contribution in [-0.4, -0.2) is 25.2 Å². The van der Waals surface area contributed by atoms with E-state index in [-0.39, 0.29) is 12.0 Å². The van der Waals surface area contributed by atoms with Crippen LogP contribution in [0.4, 0.5) is 0 Å². The molecule has 0 aromatic rings. The van der Waals surface area contributed by atoms with Gasteiger partial charge in [-0.05, 0) is 25.7 Å². The minimum atomic E-state index is -0.143. The lowest BCUT2D eigenvalue weighted by Gasteiger charge is -2.20. The van der Waals surface area contributed by atoms with Crippen LogP contribution in [0, 0.1) is 5.92 Å². The molecule has 1 N–H and O–H groups in total. The number of rotatable bonds is 6. The number of carbonyl (C=O) groups is 1. The molecule has 0 aliphatic heterocycles. The van der Waals surface area contributed by atoms with E-state index in [1.54, 1.807) is 0 Å². The molecule has 1 aliphatic rings. The fourth-order valence-electron chi connectivity index (χ4n) is 1.76. The molecule has 0 spiro atoms. The molecule has 0 saturated heterocycles. The zero-order valence-electron chi connectivity index (χ0n) is 9.38. The zero-order valence-corrected chi connectivity index (χ0v) is 9.38. The van der Waals surface area contributed by atoms with Crippen molar-refractivity contribution >= 4 is 5.97 Å². The van der Waals surface area contributed by atoms with Crippen molar-refractivity contribution in [3.05, 3.63) is 0 Å². The zero-order chi connectivity index (χ0) is 10.6. The van der Waals surface area contributed by atoms with Gasteiger partial charge in [0, 0.05) is 6.04 Å². The minimum absolute atomic E-state index is 0.131. The Morgan fingerprint density at radius 3 is 2.64 bits per heavy atom. The molecule has 0 bridgehead atoms. The predicted octanol–water partition coefficient (Wildman–Crippen LogP) is 1.72. The summed E-state index contributed by atoms with van der Waals surface area (Å²) in [6.07, 6.45) is 4.71. The Kier molecular flexibility index (Phi) is 4.39. The number of methoxy groups -OCH3 is 1. The lowest BCUT2D eigenvalue weighted by atomic mass is 10.1. The summed E-state index contributed by atoms with van der Waals surface area (Å²) in [6, 6.07) is 0.292. The molecule has 0 aromatic heterocycles. The van der Waals surface area contributed by atoms with E-state index in [0.717, 1.165) is 12.3 Å². The highest BCUT2D eigenvalue weighted by Crippen LogP contribution is 2.33. The van der Waals surface area contributed by atoms with Crippen LogP contribution < -0.4 is 5.32 Å². The van der Waals surface area contributed by atoms with Gasteiger partial charge in [0.05, 0.1) is 7.11 Å². The van der Waals surface area contributed by atoms with Crippen LogP contribution in [-0.2, 0) is 9.53 Å². The third-order valence-corrected chi connectivity index (χ3v) is 2.76. The SMILES string of the molecule is CCC(NC(C)CC1CC1)C(=O)OC. The number of carbonyl (C=O) groups excluding carboxylic acids is 1. The van der Waals surface area contributed by atoms with Gasteiger partial charge in [-0.1, -0.05) is 19.8 Å². The van der Waals surface area contributed by atoms with Crippen molar-refractivity contribution in [2.45, 2.75) is 51.6 Å². The standard InChI is InChI=1S/C11H21NO2/c1-4-10(11(13)14-3)12-8(2)7-9-5-6-9/h8-10,12H,4-7H2,1-3H3. The van der Waals surface area contributed by atoms with Crippen LogP contribution in [0.25, 0.3) is 0 Å². The van der Waals surface area contributed by atoms with Crippen LogP contribution in [0.15, 0.2) is 0 Å². The highest BCUT2D eigenvalue weighted by Gasteiger charge is 2.26. The monoisotopic (exact) mass is 199 g/mol. The van der Waals surface area contributed by atoms with Crippen molar-refractivity contribution in [1.29, 1.82) is 0 Å². The first-order valence-corrected chi connectivity index (χ1v) is 5.51. The van der Waals surface area contributed by atoms with Gasteiger partial charge in [0.25, 0.3) is 0 Å². The van der Waals surface area contributed by atoms with E-state index in [1.807, 2.05) is 6.92 Å². The Hall–Kier alpha value is -0.570. The van der Waals surface area contributed by atoms with Gasteiger partial charge in [0.1, 0.15) is 6.04 Å². The van der Waals surface area contributed by atoms with Gasteiger partial charge < -0.3 is 10.1 Å². The van der Waals surface area contributed by atoms with Gasteiger partial charge in [-0.2, -0.15) is 0 Å². The van der Waals surface area contributed by atoms with Crippen LogP contribution in [0.1, 0.15) is 39.5 Å². The van der Waals surface area contributed by atoms with Crippen LogP contribution in [0.5, 0.6) is 0 Å². The van der Waals surface area contributed by atoms with E-state index in [1.165, 1.54) is 26.4 Å². The second kappa shape index (κ2) is 5.35. The first-order valence-electron chi connectivity index (χ1n) is 5.51. The number of hydrogen-bond acceptors (Lipinski definition) is 3. The molecule has 2 unspecified atom stereocenters. The smallest absolute Gasteiger partial charge is 0.322 e. The van der Waals surface area contributed by atoms with E-state index in [0.29, 0.717) is 6.04 Å². The second-order valence-corrected chi connectivity index (χ2v) is 4.23. The number of esters is 1. The summed E-state index contributed by atoms with van der Waals surface area (Å²) in [5.74, 6) is 0.753. The number of nitrogens with one attached hydrogen (secondary N) is 1. The molecule has 1 rings (SSSR count). The lowest BCUT2D eigenvalue weighted by Crippen LogP contribution is -2.42. The average Bonchev–Trinajstić information content (AvgIpc) is 2.96. The fraction of sp³-hybridized carbons (Fsp3) is 0.909. The van der Waals surface area contributed by atoms with Gasteiger partial charge in [-0.15, -0.1) is 0 Å². The van der Waals surface area contributed by atoms with E-state index in [2.05, 4.69) is 12.2 Å². The van der Waals surface area contributed by atoms with E-state index in [9.17, 15) is 4.79 Å². The fourth-order valence-corrected chi connectivity index (χ4v) is 1.76. The predicted molar refractivity (Wildman–Crippen MR) is 56.0 cm³/mol. The molecule has 0 radical (unpaired) electrons. The first-order chi connectivity index (χ1) is 6.67. The molecular formula is C11H21NO2. The van der Waals surface area contributed by atoms with Crippen molar-refractivity contribution in [3.8, 4) is 0 Å². The molecule has 1 aliphatic carbocycles. The first kappa shape index (κ1) is 11.5. The molecule has 2 atom stereocenters. The molecule has 1 fully saturated rings. The maximum Gasteiger partial charge on any atom is 0.322 e. The van der Waals surface area contributed by atoms with Crippen LogP contribution >= 0.6 is 0 Å². The molecule has 3 heteroatoms. The summed E-state index contributed by atoms with van der Waals surface area (Å²) in [5, 5.41) is 3.31. The van der Waals surface area contributed by atoms with Crippen molar-refractivity contribution in [3.63, 3.8) is 0 Å². The number of hydrogen-bond donors (Lipinski definition) is 1. The molecule has 82 valence electrons. The summed E-state index contributed by atoms with van der Waals surface area (Å²) < 4.78 is 4.72. The molecule has 14 heavy (non-hydrogen) atoms. The van der Waals surface area contributed by atoms with Crippen LogP contribution in [0.3, 0.4) is 0 Å². The average molecular weight is 199 g/mol.